The minimum absolute atomic E-state index is 0.318. The monoisotopic (exact) mass is 282 g/mol. The third kappa shape index (κ3) is 5.07. The molecule has 0 radical (unpaired) electrons. The van der Waals surface area contributed by atoms with Crippen LogP contribution < -0.4 is 20.5 Å². The number of carbonyl (C=O) groups excluding carboxylic acids is 1. The molecule has 0 spiro atoms. The average Bonchev–Trinajstić information content (AvgIpc) is 2.45. The van der Waals surface area contributed by atoms with E-state index in [4.69, 9.17) is 15.2 Å². The predicted octanol–water partition coefficient (Wildman–Crippen LogP) is 0.592. The Morgan fingerprint density at radius 2 is 2.15 bits per heavy atom. The lowest BCUT2D eigenvalue weighted by atomic mass is 10.1. The minimum Gasteiger partial charge on any atom is -0.497 e. The summed E-state index contributed by atoms with van der Waals surface area (Å²) in [5.41, 5.74) is 5.71. The van der Waals surface area contributed by atoms with Gasteiger partial charge in [-0.15, -0.1) is 0 Å². The van der Waals surface area contributed by atoms with Gasteiger partial charge in [-0.2, -0.15) is 0 Å². The van der Waals surface area contributed by atoms with Gasteiger partial charge in [-0.05, 0) is 31.2 Å². The van der Waals surface area contributed by atoms with Gasteiger partial charge in [0.25, 0.3) is 0 Å². The highest BCUT2D eigenvalue weighted by Gasteiger charge is 2.14. The lowest BCUT2D eigenvalue weighted by molar-refractivity contribution is -0.118. The van der Waals surface area contributed by atoms with Gasteiger partial charge in [0.15, 0.2) is 0 Å². The van der Waals surface area contributed by atoms with Crippen LogP contribution in [0, 0.1) is 0 Å². The van der Waals surface area contributed by atoms with Gasteiger partial charge in [0.1, 0.15) is 11.5 Å². The van der Waals surface area contributed by atoms with Crippen molar-refractivity contribution in [1.29, 1.82) is 0 Å². The summed E-state index contributed by atoms with van der Waals surface area (Å²) >= 11 is 0. The number of primary amides is 1. The summed E-state index contributed by atoms with van der Waals surface area (Å²) in [5.74, 6) is 0.952. The molecule has 0 saturated carbocycles. The molecule has 0 aliphatic rings. The number of methoxy groups -OCH3 is 2. The summed E-state index contributed by atoms with van der Waals surface area (Å²) in [6, 6.07) is 5.27. The minimum atomic E-state index is -0.714. The summed E-state index contributed by atoms with van der Waals surface area (Å²) in [5, 5.41) is 13.2. The zero-order valence-electron chi connectivity index (χ0n) is 11.9. The van der Waals surface area contributed by atoms with E-state index in [1.165, 1.54) is 0 Å². The molecule has 0 aliphatic heterocycles. The van der Waals surface area contributed by atoms with Crippen LogP contribution in [0.2, 0.25) is 0 Å². The summed E-state index contributed by atoms with van der Waals surface area (Å²) < 4.78 is 10.4. The van der Waals surface area contributed by atoms with Gasteiger partial charge in [-0.3, -0.25) is 4.79 Å². The van der Waals surface area contributed by atoms with E-state index >= 15 is 0 Å². The topological polar surface area (TPSA) is 93.8 Å². The molecule has 0 heterocycles. The van der Waals surface area contributed by atoms with Crippen molar-refractivity contribution in [3.8, 4) is 11.5 Å². The maximum atomic E-state index is 10.6. The van der Waals surface area contributed by atoms with Crippen molar-refractivity contribution in [1.82, 2.24) is 5.32 Å². The molecule has 1 aromatic carbocycles. The van der Waals surface area contributed by atoms with Crippen molar-refractivity contribution in [3.05, 3.63) is 23.8 Å². The highest BCUT2D eigenvalue weighted by Crippen LogP contribution is 2.28. The summed E-state index contributed by atoms with van der Waals surface area (Å²) in [6.07, 6.45) is 0.275. The number of hydrogen-bond acceptors (Lipinski definition) is 5. The Kier molecular flexibility index (Phi) is 6.83. The molecule has 0 bridgehead atoms. The Labute approximate surface area is 118 Å². The predicted molar refractivity (Wildman–Crippen MR) is 75.8 cm³/mol. The van der Waals surface area contributed by atoms with Gasteiger partial charge in [-0.1, -0.05) is 0 Å². The van der Waals surface area contributed by atoms with Crippen LogP contribution >= 0.6 is 0 Å². The first-order valence-corrected chi connectivity index (χ1v) is 6.47. The number of hydrogen-bond donors (Lipinski definition) is 3. The molecule has 1 atom stereocenters. The Hall–Kier alpha value is -1.79. The normalized spacial score (nSPS) is 11.9. The third-order valence-corrected chi connectivity index (χ3v) is 2.91. The number of aliphatic hydroxyl groups excluding tert-OH is 1. The van der Waals surface area contributed by atoms with Crippen LogP contribution in [0.25, 0.3) is 0 Å². The van der Waals surface area contributed by atoms with Crippen molar-refractivity contribution in [2.24, 2.45) is 5.73 Å². The molecule has 1 rings (SSSR count). The molecule has 1 aromatic rings. The highest BCUT2D eigenvalue weighted by atomic mass is 16.5. The fourth-order valence-corrected chi connectivity index (χ4v) is 1.84. The number of benzene rings is 1. The van der Waals surface area contributed by atoms with Crippen LogP contribution in [-0.2, 0) is 4.79 Å². The van der Waals surface area contributed by atoms with E-state index in [1.54, 1.807) is 32.4 Å². The van der Waals surface area contributed by atoms with Crippen LogP contribution in [0.4, 0.5) is 0 Å². The molecule has 4 N–H and O–H groups in total. The van der Waals surface area contributed by atoms with Gasteiger partial charge in [0, 0.05) is 18.5 Å². The van der Waals surface area contributed by atoms with Crippen molar-refractivity contribution in [2.75, 3.05) is 27.3 Å². The molecule has 0 saturated heterocycles. The summed E-state index contributed by atoms with van der Waals surface area (Å²) in [7, 11) is 3.12. The van der Waals surface area contributed by atoms with Crippen molar-refractivity contribution < 1.29 is 19.4 Å². The number of rotatable bonds is 9. The van der Waals surface area contributed by atoms with E-state index in [9.17, 15) is 9.90 Å². The first-order chi connectivity index (χ1) is 9.58. The average molecular weight is 282 g/mol. The number of aliphatic hydroxyl groups is 1. The van der Waals surface area contributed by atoms with Crippen LogP contribution in [0.3, 0.4) is 0 Å². The SMILES string of the molecule is COc1ccc(OC)c(C(O)CNCCCC(N)=O)c1. The van der Waals surface area contributed by atoms with Gasteiger partial charge in [0.2, 0.25) is 5.91 Å². The van der Waals surface area contributed by atoms with E-state index in [0.29, 0.717) is 43.0 Å². The smallest absolute Gasteiger partial charge is 0.217 e. The van der Waals surface area contributed by atoms with Crippen molar-refractivity contribution in [2.45, 2.75) is 18.9 Å². The molecule has 1 unspecified atom stereocenters. The van der Waals surface area contributed by atoms with Crippen molar-refractivity contribution >= 4 is 5.91 Å². The second kappa shape index (κ2) is 8.39. The lowest BCUT2D eigenvalue weighted by Gasteiger charge is -2.16. The van der Waals surface area contributed by atoms with Crippen LogP contribution in [0.5, 0.6) is 11.5 Å². The third-order valence-electron chi connectivity index (χ3n) is 2.91. The van der Waals surface area contributed by atoms with Gasteiger partial charge >= 0.3 is 0 Å². The molecule has 20 heavy (non-hydrogen) atoms. The van der Waals surface area contributed by atoms with E-state index in [2.05, 4.69) is 5.32 Å². The zero-order valence-corrected chi connectivity index (χ0v) is 11.9. The standard InChI is InChI=1S/C14H22N2O4/c1-19-10-5-6-13(20-2)11(8-10)12(17)9-16-7-3-4-14(15)18/h5-6,8,12,16-17H,3-4,7,9H2,1-2H3,(H2,15,18). The molecule has 6 heteroatoms. The highest BCUT2D eigenvalue weighted by molar-refractivity contribution is 5.73. The fraction of sp³-hybridized carbons (Fsp3) is 0.500. The molecule has 0 fully saturated rings. The zero-order chi connectivity index (χ0) is 15.0. The Morgan fingerprint density at radius 1 is 1.40 bits per heavy atom. The van der Waals surface area contributed by atoms with Gasteiger partial charge < -0.3 is 25.6 Å². The van der Waals surface area contributed by atoms with Crippen molar-refractivity contribution in [3.63, 3.8) is 0 Å². The maximum absolute atomic E-state index is 10.6. The molecule has 6 nitrogen and oxygen atoms in total. The van der Waals surface area contributed by atoms with E-state index < -0.39 is 6.10 Å². The van der Waals surface area contributed by atoms with E-state index in [-0.39, 0.29) is 5.91 Å². The number of nitrogens with two attached hydrogens (primary N) is 1. The molecular formula is C14H22N2O4. The molecule has 1 amide bonds. The summed E-state index contributed by atoms with van der Waals surface area (Å²) in [4.78, 5) is 10.6. The van der Waals surface area contributed by atoms with Crippen LogP contribution in [-0.4, -0.2) is 38.3 Å². The summed E-state index contributed by atoms with van der Waals surface area (Å²) in [6.45, 7) is 0.981. The first kappa shape index (κ1) is 16.3. The van der Waals surface area contributed by atoms with E-state index in [0.717, 1.165) is 0 Å². The number of nitrogens with one attached hydrogen (secondary N) is 1. The Balaban J connectivity index is 2.53. The van der Waals surface area contributed by atoms with Crippen LogP contribution in [0.1, 0.15) is 24.5 Å². The fourth-order valence-electron chi connectivity index (χ4n) is 1.84. The lowest BCUT2D eigenvalue weighted by Crippen LogP contribution is -2.24. The van der Waals surface area contributed by atoms with E-state index in [1.807, 2.05) is 0 Å². The van der Waals surface area contributed by atoms with Gasteiger partial charge in [0.05, 0.1) is 20.3 Å². The largest absolute Gasteiger partial charge is 0.497 e. The van der Waals surface area contributed by atoms with Gasteiger partial charge in [-0.25, -0.2) is 0 Å². The number of ether oxygens (including phenoxy) is 2. The second-order valence-electron chi connectivity index (χ2n) is 4.40. The molecule has 0 aromatic heterocycles. The number of amides is 1. The Bertz CT molecular complexity index is 437. The molecule has 112 valence electrons. The first-order valence-electron chi connectivity index (χ1n) is 6.47. The number of carbonyl (C=O) groups is 1. The second-order valence-corrected chi connectivity index (χ2v) is 4.40. The van der Waals surface area contributed by atoms with Crippen LogP contribution in [0.15, 0.2) is 18.2 Å². The maximum Gasteiger partial charge on any atom is 0.217 e. The Morgan fingerprint density at radius 3 is 2.75 bits per heavy atom. The molecule has 0 aliphatic carbocycles. The quantitative estimate of drug-likeness (QED) is 0.576. The molecular weight excluding hydrogens is 260 g/mol.